The maximum absolute atomic E-state index is 11.1. The maximum Gasteiger partial charge on any atom is 0.259 e. The van der Waals surface area contributed by atoms with E-state index in [1.165, 1.54) is 0 Å². The summed E-state index contributed by atoms with van der Waals surface area (Å²) in [6.45, 7) is 3.60. The first kappa shape index (κ1) is 17.6. The molecule has 0 saturated carbocycles. The van der Waals surface area contributed by atoms with Gasteiger partial charge in [0.25, 0.3) is 5.89 Å². The van der Waals surface area contributed by atoms with E-state index in [-0.39, 0.29) is 0 Å². The van der Waals surface area contributed by atoms with Gasteiger partial charge in [-0.05, 0) is 36.6 Å². The molecule has 7 heteroatoms. The van der Waals surface area contributed by atoms with Crippen LogP contribution in [0.1, 0.15) is 23.4 Å². The van der Waals surface area contributed by atoms with Crippen LogP contribution >= 0.6 is 0 Å². The second kappa shape index (κ2) is 7.09. The number of rotatable bonds is 5. The molecular weight excluding hydrogens is 344 g/mol. The van der Waals surface area contributed by atoms with Crippen LogP contribution in [0.15, 0.2) is 47.1 Å². The van der Waals surface area contributed by atoms with Crippen molar-refractivity contribution in [2.45, 2.75) is 25.6 Å². The van der Waals surface area contributed by atoms with Crippen LogP contribution in [0, 0.1) is 6.92 Å². The van der Waals surface area contributed by atoms with Gasteiger partial charge in [0.2, 0.25) is 0 Å². The summed E-state index contributed by atoms with van der Waals surface area (Å²) < 4.78 is 10.2. The highest BCUT2D eigenvalue weighted by atomic mass is 16.5. The SMILES string of the molecule is COCc1noc(-c2ccc(N3CC[C@@](O)(c4ccccc4C)C3)nc2)n1. The number of nitrogens with zero attached hydrogens (tertiary/aromatic N) is 4. The summed E-state index contributed by atoms with van der Waals surface area (Å²) in [5.74, 6) is 1.73. The molecule has 1 saturated heterocycles. The normalized spacial score (nSPS) is 19.6. The number of β-amino-alcohol motifs (C(OH)–C–C–N with tert-alkyl or cyclic N) is 1. The molecule has 0 aliphatic carbocycles. The number of aromatic nitrogens is 3. The minimum absolute atomic E-state index is 0.306. The van der Waals surface area contributed by atoms with Gasteiger partial charge in [-0.3, -0.25) is 0 Å². The van der Waals surface area contributed by atoms with Crippen molar-refractivity contribution in [2.24, 2.45) is 0 Å². The number of ether oxygens (including phenoxy) is 1. The molecule has 7 nitrogen and oxygen atoms in total. The molecule has 2 aromatic heterocycles. The summed E-state index contributed by atoms with van der Waals surface area (Å²) in [6.07, 6.45) is 2.38. The molecule has 0 radical (unpaired) electrons. The van der Waals surface area contributed by atoms with Gasteiger partial charge in [0.15, 0.2) is 5.82 Å². The lowest BCUT2D eigenvalue weighted by atomic mass is 9.89. The first-order valence-corrected chi connectivity index (χ1v) is 8.90. The van der Waals surface area contributed by atoms with Gasteiger partial charge < -0.3 is 19.3 Å². The summed E-state index contributed by atoms with van der Waals surface area (Å²) in [5, 5.41) is 15.0. The molecule has 0 bridgehead atoms. The van der Waals surface area contributed by atoms with Crippen molar-refractivity contribution in [3.8, 4) is 11.5 Å². The van der Waals surface area contributed by atoms with Crippen LogP contribution in [-0.2, 0) is 16.9 Å². The fourth-order valence-electron chi connectivity index (χ4n) is 3.56. The fraction of sp³-hybridized carbons (Fsp3) is 0.350. The molecule has 3 aromatic rings. The van der Waals surface area contributed by atoms with Crippen molar-refractivity contribution >= 4 is 5.82 Å². The van der Waals surface area contributed by atoms with Crippen molar-refractivity contribution < 1.29 is 14.4 Å². The Morgan fingerprint density at radius 2 is 2.11 bits per heavy atom. The topological polar surface area (TPSA) is 84.5 Å². The van der Waals surface area contributed by atoms with E-state index in [0.29, 0.717) is 31.3 Å². The van der Waals surface area contributed by atoms with Gasteiger partial charge in [0.05, 0.1) is 12.1 Å². The summed E-state index contributed by atoms with van der Waals surface area (Å²) in [6, 6.07) is 11.8. The predicted octanol–water partition coefficient (Wildman–Crippen LogP) is 2.68. The van der Waals surface area contributed by atoms with Crippen molar-refractivity contribution in [3.05, 3.63) is 59.5 Å². The summed E-state index contributed by atoms with van der Waals surface area (Å²) in [5.41, 5.74) is 1.99. The van der Waals surface area contributed by atoms with Crippen molar-refractivity contribution in [1.29, 1.82) is 0 Å². The number of hydrogen-bond acceptors (Lipinski definition) is 7. The Labute approximate surface area is 157 Å². The molecule has 0 spiro atoms. The predicted molar refractivity (Wildman–Crippen MR) is 100 cm³/mol. The van der Waals surface area contributed by atoms with Crippen LogP contribution in [0.3, 0.4) is 0 Å². The van der Waals surface area contributed by atoms with Crippen LogP contribution in [0.4, 0.5) is 5.82 Å². The Balaban J connectivity index is 1.50. The molecule has 1 fully saturated rings. The number of methoxy groups -OCH3 is 1. The Bertz CT molecular complexity index is 925. The Hall–Kier alpha value is -2.77. The van der Waals surface area contributed by atoms with E-state index in [0.717, 1.165) is 29.1 Å². The zero-order valence-electron chi connectivity index (χ0n) is 15.4. The smallest absolute Gasteiger partial charge is 0.259 e. The molecule has 3 heterocycles. The van der Waals surface area contributed by atoms with Crippen molar-refractivity contribution in [1.82, 2.24) is 15.1 Å². The quantitative estimate of drug-likeness (QED) is 0.743. The fourth-order valence-corrected chi connectivity index (χ4v) is 3.56. The van der Waals surface area contributed by atoms with Gasteiger partial charge in [-0.15, -0.1) is 0 Å². The summed E-state index contributed by atoms with van der Waals surface area (Å²) >= 11 is 0. The third-order valence-corrected chi connectivity index (χ3v) is 4.95. The van der Waals surface area contributed by atoms with Crippen LogP contribution in [0.5, 0.6) is 0 Å². The van der Waals surface area contributed by atoms with E-state index in [9.17, 15) is 5.11 Å². The van der Waals surface area contributed by atoms with E-state index >= 15 is 0 Å². The van der Waals surface area contributed by atoms with Gasteiger partial charge in [-0.1, -0.05) is 29.4 Å². The highest BCUT2D eigenvalue weighted by Crippen LogP contribution is 2.35. The third-order valence-electron chi connectivity index (χ3n) is 4.95. The average molecular weight is 366 g/mol. The second-order valence-electron chi connectivity index (χ2n) is 6.87. The molecule has 1 N–H and O–H groups in total. The number of hydrogen-bond donors (Lipinski definition) is 1. The minimum atomic E-state index is -0.854. The van der Waals surface area contributed by atoms with Crippen molar-refractivity contribution in [3.63, 3.8) is 0 Å². The van der Waals surface area contributed by atoms with Gasteiger partial charge in [0.1, 0.15) is 18.0 Å². The standard InChI is InChI=1S/C20H22N4O3/c1-14-5-3-4-6-16(14)20(25)9-10-24(13-20)18-8-7-15(11-21-18)19-22-17(12-26-2)23-27-19/h3-8,11,25H,9-10,12-13H2,1-2H3/t20-/m0/s1. The number of aryl methyl sites for hydroxylation is 1. The van der Waals surface area contributed by atoms with E-state index in [1.54, 1.807) is 13.3 Å². The maximum atomic E-state index is 11.1. The zero-order chi connectivity index (χ0) is 18.9. The first-order chi connectivity index (χ1) is 13.1. The molecule has 4 rings (SSSR count). The lowest BCUT2D eigenvalue weighted by Gasteiger charge is -2.26. The summed E-state index contributed by atoms with van der Waals surface area (Å²) in [7, 11) is 1.58. The lowest BCUT2D eigenvalue weighted by Crippen LogP contribution is -2.31. The lowest BCUT2D eigenvalue weighted by molar-refractivity contribution is 0.0600. The highest BCUT2D eigenvalue weighted by Gasteiger charge is 2.39. The highest BCUT2D eigenvalue weighted by molar-refractivity contribution is 5.55. The molecule has 0 amide bonds. The number of pyridine rings is 1. The van der Waals surface area contributed by atoms with Crippen LogP contribution < -0.4 is 4.90 Å². The van der Waals surface area contributed by atoms with Gasteiger partial charge >= 0.3 is 0 Å². The molecule has 27 heavy (non-hydrogen) atoms. The van der Waals surface area contributed by atoms with Gasteiger partial charge in [-0.25, -0.2) is 4.98 Å². The Morgan fingerprint density at radius 3 is 2.85 bits per heavy atom. The molecule has 140 valence electrons. The Morgan fingerprint density at radius 1 is 1.26 bits per heavy atom. The van der Waals surface area contributed by atoms with E-state index in [4.69, 9.17) is 9.26 Å². The van der Waals surface area contributed by atoms with E-state index in [2.05, 4.69) is 20.0 Å². The second-order valence-corrected chi connectivity index (χ2v) is 6.87. The first-order valence-electron chi connectivity index (χ1n) is 8.90. The van der Waals surface area contributed by atoms with Gasteiger partial charge in [-0.2, -0.15) is 4.98 Å². The third kappa shape index (κ3) is 3.43. The molecule has 1 atom stereocenters. The zero-order valence-corrected chi connectivity index (χ0v) is 15.4. The molecule has 0 unspecified atom stereocenters. The van der Waals surface area contributed by atoms with Gasteiger partial charge in [0, 0.05) is 19.9 Å². The molecule has 1 aliphatic heterocycles. The minimum Gasteiger partial charge on any atom is -0.383 e. The average Bonchev–Trinajstić information content (AvgIpc) is 3.30. The number of benzene rings is 1. The van der Waals surface area contributed by atoms with E-state index < -0.39 is 5.60 Å². The van der Waals surface area contributed by atoms with Crippen LogP contribution in [-0.4, -0.2) is 40.4 Å². The molecule has 1 aromatic carbocycles. The number of anilines is 1. The monoisotopic (exact) mass is 366 g/mol. The Kier molecular flexibility index (Phi) is 4.63. The van der Waals surface area contributed by atoms with Crippen LogP contribution in [0.25, 0.3) is 11.5 Å². The largest absolute Gasteiger partial charge is 0.383 e. The molecular formula is C20H22N4O3. The van der Waals surface area contributed by atoms with Crippen LogP contribution in [0.2, 0.25) is 0 Å². The summed E-state index contributed by atoms with van der Waals surface area (Å²) in [4.78, 5) is 10.9. The van der Waals surface area contributed by atoms with Crippen molar-refractivity contribution in [2.75, 3.05) is 25.1 Å². The molecule has 1 aliphatic rings. The number of aliphatic hydroxyl groups is 1. The van der Waals surface area contributed by atoms with E-state index in [1.807, 2.05) is 43.3 Å².